The zero-order valence-electron chi connectivity index (χ0n) is 88.6. The Bertz CT molecular complexity index is 4680. The summed E-state index contributed by atoms with van der Waals surface area (Å²) in [5.41, 5.74) is 4.49. The van der Waals surface area contributed by atoms with Crippen molar-refractivity contribution in [2.75, 3.05) is 54.2 Å². The first kappa shape index (κ1) is 130. The van der Waals surface area contributed by atoms with E-state index in [9.17, 15) is 25.2 Å². The van der Waals surface area contributed by atoms with Gasteiger partial charge in [-0.3, -0.25) is 4.79 Å². The zero-order chi connectivity index (χ0) is 105. The average molecular weight is 2320 g/mol. The summed E-state index contributed by atoms with van der Waals surface area (Å²) in [6.07, 6.45) is 65.5. The third kappa shape index (κ3) is 57.6. The molecule has 0 aliphatic heterocycles. The molecular formula is C125H170BBr5O11P2. The van der Waals surface area contributed by atoms with Crippen LogP contribution in [0.25, 0.3) is 24.3 Å². The smallest absolute Gasteiger partial charge is 0.150 e. The second kappa shape index (κ2) is 84.3. The zero-order valence-corrected chi connectivity index (χ0v) is 98.3. The fourth-order valence-electron chi connectivity index (χ4n) is 15.8. The molecule has 144 heavy (non-hydrogen) atoms. The number of allylic oxidation sites excluding steroid dienone is 4. The van der Waals surface area contributed by atoms with Crippen LogP contribution < -0.4 is 60.2 Å². The van der Waals surface area contributed by atoms with E-state index in [1.807, 2.05) is 48.6 Å². The van der Waals surface area contributed by atoms with Gasteiger partial charge in [-0.05, 0) is 165 Å². The Kier molecular flexibility index (Phi) is 75.8. The van der Waals surface area contributed by atoms with E-state index in [4.69, 9.17) is 28.4 Å². The summed E-state index contributed by atoms with van der Waals surface area (Å²) in [7, 11) is 9.35. The molecule has 0 atom stereocenters. The number of rotatable bonds is 54. The molecule has 0 amide bonds. The molecule has 0 fully saturated rings. The molecule has 0 saturated carbocycles. The molecule has 4 N–H and O–H groups in total. The van der Waals surface area contributed by atoms with Crippen LogP contribution in [0.15, 0.2) is 297 Å². The second-order valence-corrected chi connectivity index (χ2v) is 53.8. The molecule has 0 aliphatic carbocycles. The Hall–Kier alpha value is -8.63. The van der Waals surface area contributed by atoms with E-state index in [0.717, 1.165) is 83.4 Å². The first-order valence-electron chi connectivity index (χ1n) is 52.3. The van der Waals surface area contributed by atoms with Crippen molar-refractivity contribution in [1.29, 1.82) is 0 Å². The maximum absolute atomic E-state index is 10.4. The van der Waals surface area contributed by atoms with Crippen molar-refractivity contribution < 1.29 is 53.6 Å². The number of halogens is 5. The van der Waals surface area contributed by atoms with Crippen molar-refractivity contribution in [2.24, 2.45) is 0 Å². The van der Waals surface area contributed by atoms with E-state index in [2.05, 4.69) is 339 Å². The average Bonchev–Trinajstić information content (AvgIpc) is 0.706. The van der Waals surface area contributed by atoms with Crippen molar-refractivity contribution in [3.63, 3.8) is 0 Å². The Morgan fingerprint density at radius 2 is 0.472 bits per heavy atom. The predicted octanol–water partition coefficient (Wildman–Crippen LogP) is 37.1. The fraction of sp³-hybridized carbons (Fsp3) is 0.400. The predicted molar refractivity (Wildman–Crippen MR) is 650 cm³/mol. The number of unbranched alkanes of at least 4 members (excludes halogenated alkanes) is 30. The van der Waals surface area contributed by atoms with Gasteiger partial charge < -0.3 is 48.8 Å². The Morgan fingerprint density at radius 3 is 0.694 bits per heavy atom. The van der Waals surface area contributed by atoms with E-state index in [0.29, 0.717) is 17.1 Å². The minimum absolute atomic E-state index is 0.104. The summed E-state index contributed by atoms with van der Waals surface area (Å²) in [5, 5.41) is 44.2. The molecule has 0 spiro atoms. The molecule has 0 aromatic heterocycles. The number of carbonyl (C=O) groups is 1. The van der Waals surface area contributed by atoms with Gasteiger partial charge in [-0.15, -0.1) is 47.3 Å². The summed E-state index contributed by atoms with van der Waals surface area (Å²) >= 11 is 17.3. The number of aldehydes is 1. The van der Waals surface area contributed by atoms with Crippen LogP contribution in [0.3, 0.4) is 0 Å². The maximum atomic E-state index is 10.4. The SMILES string of the molecule is BrB(Br)Br.CCCCCCC/C=C/c1cc(O)cc(O)c1.CCCCCCC/C=C/c1cc(OC)cc(OC)c1.CCCCCCC/C=C\c1cc(O)cc(O)c1.CCCCCCC/C=C\c1cc(OC)cc(OC)c1.CCCCCCCCBr.CCCCCCCCP(Br)(c1ccccc1)(c1ccccc1)c1ccccc1.COc1cc(C=O)cc(OC)c1.c1ccc(P(c2ccccc2)c2ccccc2)cc1. The molecule has 11 aromatic rings. The molecule has 0 aliphatic rings. The van der Waals surface area contributed by atoms with E-state index >= 15 is 0 Å². The number of benzene rings is 11. The molecule has 11 aromatic carbocycles. The van der Waals surface area contributed by atoms with Crippen LogP contribution in [0.5, 0.6) is 57.5 Å². The number of carbonyl (C=O) groups excluding carboxylic acids is 1. The van der Waals surface area contributed by atoms with E-state index in [1.54, 1.807) is 85.1 Å². The van der Waals surface area contributed by atoms with Gasteiger partial charge in [0, 0.05) is 41.2 Å². The largest absolute Gasteiger partial charge is 0.497 e. The van der Waals surface area contributed by atoms with Gasteiger partial charge in [0.1, 0.15) is 63.8 Å². The van der Waals surface area contributed by atoms with Crippen LogP contribution in [-0.4, -0.2) is 84.0 Å². The summed E-state index contributed by atoms with van der Waals surface area (Å²) < 4.78 is 31.2. The van der Waals surface area contributed by atoms with Gasteiger partial charge in [0.15, 0.2) is 0 Å². The monoisotopic (exact) mass is 2310 g/mol. The van der Waals surface area contributed by atoms with Gasteiger partial charge in [-0.2, -0.15) is 0 Å². The van der Waals surface area contributed by atoms with Gasteiger partial charge in [0.05, 0.1) is 42.7 Å². The second-order valence-electron chi connectivity index (χ2n) is 35.3. The normalized spacial score (nSPS) is 11.0. The van der Waals surface area contributed by atoms with Crippen molar-refractivity contribution in [3.05, 3.63) is 325 Å². The molecule has 0 radical (unpaired) electrons. The Balaban J connectivity index is 0.000000427. The molecule has 0 heterocycles. The van der Waals surface area contributed by atoms with Gasteiger partial charge in [0.2, 0.25) is 0 Å². The third-order valence-corrected chi connectivity index (χ3v) is 36.6. The number of methoxy groups -OCH3 is 6. The number of hydrogen-bond donors (Lipinski definition) is 4. The van der Waals surface area contributed by atoms with Crippen LogP contribution in [0.2, 0.25) is 0 Å². The van der Waals surface area contributed by atoms with Crippen molar-refractivity contribution >= 4 is 158 Å². The molecular weight excluding hydrogens is 2150 g/mol. The van der Waals surface area contributed by atoms with Crippen molar-refractivity contribution in [3.8, 4) is 57.5 Å². The minimum atomic E-state index is -2.69. The number of ether oxygens (including phenoxy) is 6. The third-order valence-electron chi connectivity index (χ3n) is 23.6. The van der Waals surface area contributed by atoms with Crippen molar-refractivity contribution in [2.45, 2.75) is 273 Å². The summed E-state index contributed by atoms with van der Waals surface area (Å²) in [6.45, 7) is 13.5. The molecule has 11 rings (SSSR count). The Morgan fingerprint density at radius 1 is 0.271 bits per heavy atom. The van der Waals surface area contributed by atoms with Gasteiger partial charge in [-0.25, -0.2) is 0 Å². The van der Waals surface area contributed by atoms with Crippen LogP contribution in [0.1, 0.15) is 305 Å². The van der Waals surface area contributed by atoms with Crippen LogP contribution in [0, 0.1) is 0 Å². The number of alkyl halides is 1. The van der Waals surface area contributed by atoms with E-state index in [-0.39, 0.29) is 26.2 Å². The standard InChI is InChI=1S/C26H32BrP.C18H15P.2C17H26O2.2C15H22O2.C9H10O3.C8H17Br.BBr3/c1-2-3-4-5-6-16-23-28(27,24-17-10-7-11-18-24,25-19-12-8-13-20-25)26-21-14-9-15-22-26;1-4-10-16(11-5-1)19(17-12-6-2-7-13-17)18-14-8-3-9-15-18;2*1-4-5-6-7-8-9-10-11-15-12-16(18-2)14-17(13-15)19-3;2*1-2-3-4-5-6-7-8-9-13-10-14(16)12-15(17)11-13;1-11-8-3-7(6-10)4-9(5-8)12-2;1-2-3-4-5-6-7-8-9;2-1(3)4/h7-15,17-22H,2-6,16,23H2,1H3;1-15H;2*10-14H,4-9H2,1-3H3;2*8-12,16-17H,2-7H2,1H3;3-6H,1-2H3;2-8H2,1H3;/b;;11-10+;11-10-;9-8+;9-8-;;;. The summed E-state index contributed by atoms with van der Waals surface area (Å²) in [6, 6.07) is 91.9. The van der Waals surface area contributed by atoms with E-state index < -0.39 is 13.2 Å². The quantitative estimate of drug-likeness (QED) is 0.00947. The molecule has 19 heteroatoms. The van der Waals surface area contributed by atoms with Crippen LogP contribution in [0.4, 0.5) is 0 Å². The molecule has 0 unspecified atom stereocenters. The first-order chi connectivity index (χ1) is 70.1. The topological polar surface area (TPSA) is 153 Å². The van der Waals surface area contributed by atoms with Gasteiger partial charge >= 0.3 is 182 Å². The fourth-order valence-corrected chi connectivity index (χ4v) is 26.3. The van der Waals surface area contributed by atoms with Crippen LogP contribution in [-0.2, 0) is 0 Å². The molecule has 784 valence electrons. The summed E-state index contributed by atoms with van der Waals surface area (Å²) in [4.78, 5) is 10.4. The number of aromatic hydroxyl groups is 4. The van der Waals surface area contributed by atoms with Gasteiger partial charge in [-0.1, -0.05) is 325 Å². The summed E-state index contributed by atoms with van der Waals surface area (Å²) in [5.74, 6) is 5.00. The number of hydrogen-bond acceptors (Lipinski definition) is 11. The molecule has 0 bridgehead atoms. The minimum Gasteiger partial charge on any atom is -0.497 e. The number of phenolic OH excluding ortho intramolecular Hbond substituents is 4. The Labute approximate surface area is 912 Å². The van der Waals surface area contributed by atoms with Gasteiger partial charge in [0.25, 0.3) is 0 Å². The first-order valence-corrected chi connectivity index (χ1v) is 62.0. The van der Waals surface area contributed by atoms with E-state index in [1.165, 1.54) is 255 Å². The van der Waals surface area contributed by atoms with Crippen molar-refractivity contribution in [1.82, 2.24) is 0 Å². The number of phenols is 4. The molecule has 0 saturated heterocycles. The van der Waals surface area contributed by atoms with Crippen LogP contribution >= 0.6 is 91.9 Å². The maximum Gasteiger partial charge on any atom is 0.150 e. The molecule has 11 nitrogen and oxygen atoms in total.